The number of aromatic nitrogens is 3. The van der Waals surface area contributed by atoms with E-state index in [4.69, 9.17) is 0 Å². The van der Waals surface area contributed by atoms with Crippen molar-refractivity contribution in [3.63, 3.8) is 0 Å². The molecule has 0 spiro atoms. The molecule has 3 rings (SSSR count). The lowest BCUT2D eigenvalue weighted by Crippen LogP contribution is -2.30. The van der Waals surface area contributed by atoms with Gasteiger partial charge < -0.3 is 5.32 Å². The van der Waals surface area contributed by atoms with Gasteiger partial charge in [0.15, 0.2) is 0 Å². The number of aromatic amines is 1. The second-order valence-electron chi connectivity index (χ2n) is 5.23. The lowest BCUT2D eigenvalue weighted by atomic mass is 9.95. The molecule has 1 saturated carbocycles. The molecule has 2 aromatic heterocycles. The molecule has 0 amide bonds. The first-order chi connectivity index (χ1) is 9.43. The largest absolute Gasteiger partial charge is 0.310 e. The van der Waals surface area contributed by atoms with Gasteiger partial charge in [0, 0.05) is 36.1 Å². The van der Waals surface area contributed by atoms with Gasteiger partial charge in [0.2, 0.25) is 0 Å². The van der Waals surface area contributed by atoms with Gasteiger partial charge in [0.1, 0.15) is 0 Å². The van der Waals surface area contributed by atoms with E-state index >= 15 is 0 Å². The maximum Gasteiger partial charge on any atom is 0.0710 e. The summed E-state index contributed by atoms with van der Waals surface area (Å²) in [5.74, 6) is 0. The maximum absolute atomic E-state index is 4.17. The van der Waals surface area contributed by atoms with E-state index in [1.165, 1.54) is 37.7 Å². The van der Waals surface area contributed by atoms with Crippen molar-refractivity contribution < 1.29 is 0 Å². The third kappa shape index (κ3) is 3.01. The van der Waals surface area contributed by atoms with Crippen molar-refractivity contribution in [1.29, 1.82) is 0 Å². The molecular weight excluding hydrogens is 236 g/mol. The van der Waals surface area contributed by atoms with Crippen LogP contribution in [0.4, 0.5) is 0 Å². The Labute approximate surface area is 113 Å². The number of H-pyrrole nitrogens is 1. The lowest BCUT2D eigenvalue weighted by molar-refractivity contribution is 0.372. The molecule has 0 saturated heterocycles. The smallest absolute Gasteiger partial charge is 0.0710 e. The summed E-state index contributed by atoms with van der Waals surface area (Å²) in [5.41, 5.74) is 3.40. The number of nitrogens with zero attached hydrogens (tertiary/aromatic N) is 2. The Morgan fingerprint density at radius 1 is 1.21 bits per heavy atom. The quantitative estimate of drug-likeness (QED) is 0.884. The number of nitrogens with one attached hydrogen (secondary N) is 2. The first-order valence-electron chi connectivity index (χ1n) is 7.09. The Morgan fingerprint density at radius 2 is 2.11 bits per heavy atom. The predicted octanol–water partition coefficient (Wildman–Crippen LogP) is 2.89. The van der Waals surface area contributed by atoms with Crippen molar-refractivity contribution in [3.05, 3.63) is 36.3 Å². The van der Waals surface area contributed by atoms with Crippen molar-refractivity contribution in [2.45, 2.75) is 44.7 Å². The van der Waals surface area contributed by atoms with E-state index in [2.05, 4.69) is 26.6 Å². The van der Waals surface area contributed by atoms with Crippen LogP contribution in [-0.2, 0) is 6.54 Å². The van der Waals surface area contributed by atoms with Gasteiger partial charge in [-0.15, -0.1) is 0 Å². The monoisotopic (exact) mass is 256 g/mol. The van der Waals surface area contributed by atoms with E-state index in [1.54, 1.807) is 6.20 Å². The molecule has 1 aliphatic rings. The van der Waals surface area contributed by atoms with E-state index in [-0.39, 0.29) is 0 Å². The van der Waals surface area contributed by atoms with Crippen LogP contribution in [0, 0.1) is 0 Å². The molecule has 0 atom stereocenters. The van der Waals surface area contributed by atoms with Crippen molar-refractivity contribution in [2.24, 2.45) is 0 Å². The van der Waals surface area contributed by atoms with Gasteiger partial charge in [-0.25, -0.2) is 0 Å². The highest BCUT2D eigenvalue weighted by Gasteiger charge is 2.14. The summed E-state index contributed by atoms with van der Waals surface area (Å²) in [6, 6.07) is 4.68. The molecule has 0 unspecified atom stereocenters. The molecule has 4 nitrogen and oxygen atoms in total. The van der Waals surface area contributed by atoms with Gasteiger partial charge in [-0.1, -0.05) is 19.3 Å². The number of pyridine rings is 1. The minimum Gasteiger partial charge on any atom is -0.310 e. The van der Waals surface area contributed by atoms with Crippen LogP contribution < -0.4 is 5.32 Å². The lowest BCUT2D eigenvalue weighted by Gasteiger charge is -2.22. The van der Waals surface area contributed by atoms with Crippen LogP contribution in [0.15, 0.2) is 30.7 Å². The van der Waals surface area contributed by atoms with Crippen LogP contribution in [0.3, 0.4) is 0 Å². The highest BCUT2D eigenvalue weighted by atomic mass is 15.1. The van der Waals surface area contributed by atoms with Gasteiger partial charge in [-0.05, 0) is 25.0 Å². The van der Waals surface area contributed by atoms with Crippen LogP contribution in [0.1, 0.15) is 37.7 Å². The van der Waals surface area contributed by atoms with E-state index < -0.39 is 0 Å². The minimum absolute atomic E-state index is 0.672. The summed E-state index contributed by atoms with van der Waals surface area (Å²) < 4.78 is 0. The Hall–Kier alpha value is -1.68. The number of hydrogen-bond acceptors (Lipinski definition) is 3. The van der Waals surface area contributed by atoms with E-state index in [0.717, 1.165) is 17.8 Å². The summed E-state index contributed by atoms with van der Waals surface area (Å²) in [6.07, 6.45) is 12.3. The molecule has 0 bridgehead atoms. The molecule has 2 heterocycles. The normalized spacial score (nSPS) is 16.6. The molecule has 0 aromatic carbocycles. The second kappa shape index (κ2) is 5.97. The van der Waals surface area contributed by atoms with Crippen molar-refractivity contribution in [1.82, 2.24) is 20.5 Å². The fourth-order valence-corrected chi connectivity index (χ4v) is 2.77. The molecule has 19 heavy (non-hydrogen) atoms. The van der Waals surface area contributed by atoms with Crippen molar-refractivity contribution in [2.75, 3.05) is 0 Å². The predicted molar refractivity (Wildman–Crippen MR) is 75.5 cm³/mol. The van der Waals surface area contributed by atoms with Gasteiger partial charge in [0.05, 0.1) is 11.9 Å². The van der Waals surface area contributed by atoms with Crippen molar-refractivity contribution in [3.8, 4) is 11.3 Å². The highest BCUT2D eigenvalue weighted by molar-refractivity contribution is 5.61. The summed E-state index contributed by atoms with van der Waals surface area (Å²) in [6.45, 7) is 0.880. The first kappa shape index (κ1) is 12.4. The molecule has 4 heteroatoms. The zero-order valence-electron chi connectivity index (χ0n) is 11.1. The average Bonchev–Trinajstić information content (AvgIpc) is 2.95. The topological polar surface area (TPSA) is 53.6 Å². The van der Waals surface area contributed by atoms with Crippen LogP contribution in [-0.4, -0.2) is 21.2 Å². The Bertz CT molecular complexity index is 500. The Kier molecular flexibility index (Phi) is 3.89. The van der Waals surface area contributed by atoms with Gasteiger partial charge in [-0.2, -0.15) is 5.10 Å². The minimum atomic E-state index is 0.672. The Morgan fingerprint density at radius 3 is 2.89 bits per heavy atom. The summed E-state index contributed by atoms with van der Waals surface area (Å²) in [4.78, 5) is 4.16. The molecule has 1 aliphatic carbocycles. The third-order valence-electron chi connectivity index (χ3n) is 3.85. The molecule has 100 valence electrons. The van der Waals surface area contributed by atoms with E-state index in [1.807, 2.05) is 18.5 Å². The molecule has 2 aromatic rings. The summed E-state index contributed by atoms with van der Waals surface area (Å²) >= 11 is 0. The van der Waals surface area contributed by atoms with Crippen molar-refractivity contribution >= 4 is 0 Å². The molecular formula is C15H20N4. The Balaban J connectivity index is 1.67. The zero-order valence-corrected chi connectivity index (χ0v) is 11.1. The maximum atomic E-state index is 4.17. The van der Waals surface area contributed by atoms with Crippen LogP contribution in [0.2, 0.25) is 0 Å². The average molecular weight is 256 g/mol. The SMILES string of the molecule is c1cncc(-c2[nH]ncc2CNC2CCCCC2)c1. The van der Waals surface area contributed by atoms with Crippen LogP contribution in [0.25, 0.3) is 11.3 Å². The molecule has 0 aliphatic heterocycles. The van der Waals surface area contributed by atoms with Gasteiger partial charge >= 0.3 is 0 Å². The fourth-order valence-electron chi connectivity index (χ4n) is 2.77. The summed E-state index contributed by atoms with van der Waals surface area (Å²) in [7, 11) is 0. The van der Waals surface area contributed by atoms with E-state index in [0.29, 0.717) is 6.04 Å². The van der Waals surface area contributed by atoms with Gasteiger partial charge in [0.25, 0.3) is 0 Å². The van der Waals surface area contributed by atoms with Crippen LogP contribution in [0.5, 0.6) is 0 Å². The number of rotatable bonds is 4. The molecule has 2 N–H and O–H groups in total. The first-order valence-corrected chi connectivity index (χ1v) is 7.09. The zero-order chi connectivity index (χ0) is 12.9. The third-order valence-corrected chi connectivity index (χ3v) is 3.85. The number of hydrogen-bond donors (Lipinski definition) is 2. The molecule has 1 fully saturated rings. The summed E-state index contributed by atoms with van der Waals surface area (Å²) in [5, 5.41) is 10.9. The molecule has 0 radical (unpaired) electrons. The van der Waals surface area contributed by atoms with Gasteiger partial charge in [-0.3, -0.25) is 10.1 Å². The fraction of sp³-hybridized carbons (Fsp3) is 0.467. The highest BCUT2D eigenvalue weighted by Crippen LogP contribution is 2.21. The van der Waals surface area contributed by atoms with E-state index in [9.17, 15) is 0 Å². The standard InChI is InChI=1S/C15H20N4/c1-2-6-14(7-3-1)17-10-13-11-18-19-15(13)12-5-4-8-16-9-12/h4-5,8-9,11,14,17H,1-3,6-7,10H2,(H,18,19). The second-order valence-corrected chi connectivity index (χ2v) is 5.23. The van der Waals surface area contributed by atoms with Crippen LogP contribution >= 0.6 is 0 Å².